The van der Waals surface area contributed by atoms with E-state index >= 15 is 0 Å². The molecule has 5 rings (SSSR count). The van der Waals surface area contributed by atoms with Crippen LogP contribution in [0.1, 0.15) is 46.7 Å². The van der Waals surface area contributed by atoms with E-state index in [2.05, 4.69) is 20.6 Å². The third kappa shape index (κ3) is 5.84. The molecule has 1 aromatic carbocycles. The summed E-state index contributed by atoms with van der Waals surface area (Å²) in [6.45, 7) is 2.01. The van der Waals surface area contributed by atoms with Crippen molar-refractivity contribution in [1.82, 2.24) is 15.1 Å². The van der Waals surface area contributed by atoms with Gasteiger partial charge in [0.2, 0.25) is 5.91 Å². The highest BCUT2D eigenvalue weighted by atomic mass is 35.5. The van der Waals surface area contributed by atoms with E-state index in [9.17, 15) is 9.59 Å². The molecule has 2 amide bonds. The minimum absolute atomic E-state index is 0.205. The smallest absolute Gasteiger partial charge is 0.262 e. The Labute approximate surface area is 219 Å². The van der Waals surface area contributed by atoms with Gasteiger partial charge in [0.15, 0.2) is 0 Å². The number of carbonyl (C=O) groups is 2. The van der Waals surface area contributed by atoms with Gasteiger partial charge in [-0.2, -0.15) is 5.10 Å². The van der Waals surface area contributed by atoms with E-state index in [-0.39, 0.29) is 11.8 Å². The molecule has 0 unspecified atom stereocenters. The van der Waals surface area contributed by atoms with Gasteiger partial charge in [-0.15, -0.1) is 11.3 Å². The first-order chi connectivity index (χ1) is 17.4. The van der Waals surface area contributed by atoms with Crippen LogP contribution in [0.3, 0.4) is 0 Å². The second-order valence-corrected chi connectivity index (χ2v) is 11.1. The topological polar surface area (TPSA) is 88.5 Å². The van der Waals surface area contributed by atoms with Crippen LogP contribution >= 0.6 is 22.9 Å². The van der Waals surface area contributed by atoms with Crippen molar-refractivity contribution in [2.24, 2.45) is 13.0 Å². The van der Waals surface area contributed by atoms with Gasteiger partial charge in [0.1, 0.15) is 18.4 Å². The molecular formula is C26H30ClN5O3S. The van der Waals surface area contributed by atoms with Crippen LogP contribution in [-0.4, -0.2) is 40.8 Å². The van der Waals surface area contributed by atoms with Gasteiger partial charge in [-0.1, -0.05) is 37.3 Å². The molecule has 190 valence electrons. The lowest BCUT2D eigenvalue weighted by Crippen LogP contribution is -2.44. The third-order valence-electron chi connectivity index (χ3n) is 6.75. The highest BCUT2D eigenvalue weighted by Gasteiger charge is 2.28. The quantitative estimate of drug-likeness (QED) is 0.437. The zero-order chi connectivity index (χ0) is 25.1. The van der Waals surface area contributed by atoms with Gasteiger partial charge in [-0.05, 0) is 36.6 Å². The predicted molar refractivity (Wildman–Crippen MR) is 142 cm³/mol. The van der Waals surface area contributed by atoms with Crippen molar-refractivity contribution in [1.29, 1.82) is 0 Å². The van der Waals surface area contributed by atoms with Crippen molar-refractivity contribution in [2.45, 2.75) is 44.7 Å². The molecular weight excluding hydrogens is 498 g/mol. The van der Waals surface area contributed by atoms with Crippen LogP contribution in [0.2, 0.25) is 5.02 Å². The molecule has 0 spiro atoms. The molecule has 36 heavy (non-hydrogen) atoms. The Balaban J connectivity index is 1.25. The van der Waals surface area contributed by atoms with Crippen LogP contribution < -0.4 is 20.3 Å². The van der Waals surface area contributed by atoms with Gasteiger partial charge < -0.3 is 20.3 Å². The minimum atomic E-state index is -0.595. The first-order valence-electron chi connectivity index (χ1n) is 12.3. The van der Waals surface area contributed by atoms with Crippen LogP contribution in [0, 0.1) is 5.92 Å². The number of fused-ring (bicyclic) bond motifs is 1. The second-order valence-electron chi connectivity index (χ2n) is 9.45. The molecule has 1 fully saturated rings. The first kappa shape index (κ1) is 24.6. The van der Waals surface area contributed by atoms with E-state index in [4.69, 9.17) is 16.3 Å². The van der Waals surface area contributed by atoms with Gasteiger partial charge >= 0.3 is 0 Å². The summed E-state index contributed by atoms with van der Waals surface area (Å²) in [7, 11) is 1.80. The number of thiophene rings is 1. The summed E-state index contributed by atoms with van der Waals surface area (Å²) in [5, 5.41) is 10.7. The SMILES string of the molecule is Cn1cc(NC(=O)[C@H](CC2CCCC2)NC(=O)c2ccc(CN3CCOc4cc(Cl)ccc43)s2)cn1. The Morgan fingerprint density at radius 3 is 2.86 bits per heavy atom. The molecule has 0 bridgehead atoms. The number of amides is 2. The Morgan fingerprint density at radius 2 is 2.08 bits per heavy atom. The average molecular weight is 528 g/mol. The molecule has 3 aromatic rings. The molecule has 0 radical (unpaired) electrons. The fourth-order valence-corrected chi connectivity index (χ4v) is 6.03. The Bertz CT molecular complexity index is 1240. The maximum Gasteiger partial charge on any atom is 0.262 e. The molecule has 0 saturated heterocycles. The maximum atomic E-state index is 13.2. The molecule has 1 aliphatic heterocycles. The van der Waals surface area contributed by atoms with E-state index in [1.807, 2.05) is 30.3 Å². The average Bonchev–Trinajstić information content (AvgIpc) is 3.62. The highest BCUT2D eigenvalue weighted by molar-refractivity contribution is 7.14. The van der Waals surface area contributed by atoms with Gasteiger partial charge in [0.25, 0.3) is 5.91 Å². The molecule has 2 aliphatic rings. The van der Waals surface area contributed by atoms with Gasteiger partial charge in [0.05, 0.1) is 35.5 Å². The summed E-state index contributed by atoms with van der Waals surface area (Å²) < 4.78 is 7.38. The van der Waals surface area contributed by atoms with Crippen LogP contribution in [0.5, 0.6) is 5.75 Å². The molecule has 8 nitrogen and oxygen atoms in total. The lowest BCUT2D eigenvalue weighted by atomic mass is 9.97. The maximum absolute atomic E-state index is 13.2. The highest BCUT2D eigenvalue weighted by Crippen LogP contribution is 2.35. The van der Waals surface area contributed by atoms with Crippen LogP contribution in [0.4, 0.5) is 11.4 Å². The van der Waals surface area contributed by atoms with Crippen molar-refractivity contribution in [3.8, 4) is 5.75 Å². The predicted octanol–water partition coefficient (Wildman–Crippen LogP) is 4.85. The lowest BCUT2D eigenvalue weighted by molar-refractivity contribution is -0.118. The van der Waals surface area contributed by atoms with Crippen molar-refractivity contribution in [3.05, 3.63) is 57.5 Å². The third-order valence-corrected chi connectivity index (χ3v) is 8.06. The number of benzene rings is 1. The number of hydrogen-bond acceptors (Lipinski definition) is 6. The van der Waals surface area contributed by atoms with E-state index < -0.39 is 6.04 Å². The summed E-state index contributed by atoms with van der Waals surface area (Å²) in [6.07, 6.45) is 8.56. The van der Waals surface area contributed by atoms with E-state index in [0.29, 0.717) is 41.1 Å². The second kappa shape index (κ2) is 10.9. The van der Waals surface area contributed by atoms with Crippen molar-refractivity contribution in [2.75, 3.05) is 23.4 Å². The number of aromatic nitrogens is 2. The van der Waals surface area contributed by atoms with Gasteiger partial charge in [-0.3, -0.25) is 14.3 Å². The van der Waals surface area contributed by atoms with Gasteiger partial charge in [0, 0.05) is 29.2 Å². The summed E-state index contributed by atoms with van der Waals surface area (Å²) in [5.74, 6) is 0.801. The summed E-state index contributed by atoms with van der Waals surface area (Å²) in [4.78, 5) is 30.2. The summed E-state index contributed by atoms with van der Waals surface area (Å²) in [5.41, 5.74) is 1.62. The largest absolute Gasteiger partial charge is 0.490 e. The number of ether oxygens (including phenoxy) is 1. The van der Waals surface area contributed by atoms with E-state index in [1.54, 1.807) is 24.1 Å². The Kier molecular flexibility index (Phi) is 7.48. The van der Waals surface area contributed by atoms with Gasteiger partial charge in [-0.25, -0.2) is 0 Å². The number of nitrogens with one attached hydrogen (secondary N) is 2. The molecule has 10 heteroatoms. The van der Waals surface area contributed by atoms with Crippen molar-refractivity contribution >= 4 is 46.1 Å². The number of aryl methyl sites for hydroxylation is 1. The molecule has 2 aromatic heterocycles. The lowest BCUT2D eigenvalue weighted by Gasteiger charge is -2.31. The van der Waals surface area contributed by atoms with Crippen molar-refractivity contribution < 1.29 is 14.3 Å². The molecule has 1 saturated carbocycles. The standard InChI is InChI=1S/C26H30ClN5O3S/c1-31-15-19(14-28-31)29-25(33)21(12-17-4-2-3-5-17)30-26(34)24-9-7-20(36-24)16-32-10-11-35-23-13-18(27)6-8-22(23)32/h6-9,13-15,17,21H,2-5,10-12,16H2,1H3,(H,29,33)(H,30,34)/t21-/m0/s1. The zero-order valence-electron chi connectivity index (χ0n) is 20.2. The fraction of sp³-hybridized carbons (Fsp3) is 0.423. The molecule has 1 aliphatic carbocycles. The summed E-state index contributed by atoms with van der Waals surface area (Å²) in [6, 6.07) is 8.87. The minimum Gasteiger partial charge on any atom is -0.490 e. The Hall–Kier alpha value is -3.04. The van der Waals surface area contributed by atoms with Crippen LogP contribution in [0.15, 0.2) is 42.7 Å². The number of carbonyl (C=O) groups excluding carboxylic acids is 2. The van der Waals surface area contributed by atoms with Crippen molar-refractivity contribution in [3.63, 3.8) is 0 Å². The van der Waals surface area contributed by atoms with E-state index in [1.165, 1.54) is 24.2 Å². The monoisotopic (exact) mass is 527 g/mol. The number of nitrogens with zero attached hydrogens (tertiary/aromatic N) is 3. The number of anilines is 2. The van der Waals surface area contributed by atoms with E-state index in [0.717, 1.165) is 35.7 Å². The number of halogens is 1. The Morgan fingerprint density at radius 1 is 1.25 bits per heavy atom. The van der Waals surface area contributed by atoms with Crippen LogP contribution in [-0.2, 0) is 18.4 Å². The first-order valence-corrected chi connectivity index (χ1v) is 13.5. The zero-order valence-corrected chi connectivity index (χ0v) is 21.8. The molecule has 3 heterocycles. The fourth-order valence-electron chi connectivity index (χ4n) is 4.94. The number of hydrogen-bond donors (Lipinski definition) is 2. The van der Waals surface area contributed by atoms with Crippen LogP contribution in [0.25, 0.3) is 0 Å². The molecule has 2 N–H and O–H groups in total. The molecule has 1 atom stereocenters. The number of rotatable bonds is 8. The normalized spacial score (nSPS) is 16.3. The summed E-state index contributed by atoms with van der Waals surface area (Å²) >= 11 is 7.56.